The summed E-state index contributed by atoms with van der Waals surface area (Å²) in [7, 11) is -2.46. The number of carbonyl (C=O) groups is 2. The molecule has 28 heavy (non-hydrogen) atoms. The molecule has 1 aliphatic rings. The van der Waals surface area contributed by atoms with Crippen molar-refractivity contribution in [3.8, 4) is 0 Å². The van der Waals surface area contributed by atoms with Gasteiger partial charge in [-0.25, -0.2) is 13.2 Å². The number of carbonyl (C=O) groups excluding carboxylic acids is 2. The number of hydrogen-bond donors (Lipinski definition) is 0. The summed E-state index contributed by atoms with van der Waals surface area (Å²) in [6.45, 7) is 0.993. The minimum atomic E-state index is -3.71. The van der Waals surface area contributed by atoms with Gasteiger partial charge in [0.25, 0.3) is 10.0 Å². The molecule has 1 saturated heterocycles. The van der Waals surface area contributed by atoms with Crippen molar-refractivity contribution in [3.63, 3.8) is 0 Å². The van der Waals surface area contributed by atoms with E-state index in [4.69, 9.17) is 0 Å². The molecule has 148 valence electrons. The molecule has 0 radical (unpaired) electrons. The van der Waals surface area contributed by atoms with E-state index >= 15 is 0 Å². The van der Waals surface area contributed by atoms with Gasteiger partial charge >= 0.3 is 5.97 Å². The molecule has 3 rings (SSSR count). The van der Waals surface area contributed by atoms with Crippen molar-refractivity contribution in [2.24, 2.45) is 0 Å². The van der Waals surface area contributed by atoms with Gasteiger partial charge in [0, 0.05) is 50.0 Å². The van der Waals surface area contributed by atoms with Gasteiger partial charge in [-0.15, -0.1) is 11.3 Å². The molecular formula is C18H19N3O5S2. The number of hydrogen-bond acceptors (Lipinski definition) is 7. The van der Waals surface area contributed by atoms with E-state index in [0.717, 1.165) is 16.9 Å². The summed E-state index contributed by atoms with van der Waals surface area (Å²) in [6.07, 6.45) is 6.46. The smallest absolute Gasteiger partial charge is 0.338 e. The van der Waals surface area contributed by atoms with Gasteiger partial charge < -0.3 is 9.64 Å². The molecule has 1 fully saturated rings. The van der Waals surface area contributed by atoms with Gasteiger partial charge in [0.1, 0.15) is 4.21 Å². The molecule has 0 aliphatic carbocycles. The SMILES string of the molecule is COC(=O)c1csc(S(=O)(=O)N2CCN(C(=O)/C=C/c3ccncc3)CC2)c1. The summed E-state index contributed by atoms with van der Waals surface area (Å²) in [5.41, 5.74) is 1.07. The average Bonchev–Trinajstić information content (AvgIpc) is 3.23. The van der Waals surface area contributed by atoms with Crippen LogP contribution in [0.4, 0.5) is 0 Å². The lowest BCUT2D eigenvalue weighted by Crippen LogP contribution is -2.50. The standard InChI is InChI=1S/C18H19N3O5S2/c1-26-18(23)15-12-17(27-13-15)28(24,25)21-10-8-20(9-11-21)16(22)3-2-14-4-6-19-7-5-14/h2-7,12-13H,8-11H2,1H3/b3-2+. The van der Waals surface area contributed by atoms with E-state index in [-0.39, 0.29) is 28.8 Å². The lowest BCUT2D eigenvalue weighted by atomic mass is 10.2. The van der Waals surface area contributed by atoms with Crippen LogP contribution in [0.15, 0.2) is 46.3 Å². The van der Waals surface area contributed by atoms with Crippen LogP contribution in [-0.4, -0.2) is 67.8 Å². The Bertz CT molecular complexity index is 978. The number of esters is 1. The van der Waals surface area contributed by atoms with E-state index in [1.54, 1.807) is 35.5 Å². The summed E-state index contributed by atoms with van der Waals surface area (Å²) in [5, 5.41) is 1.46. The maximum atomic E-state index is 12.8. The molecule has 0 unspecified atom stereocenters. The first kappa shape index (κ1) is 20.2. The van der Waals surface area contributed by atoms with Crippen LogP contribution in [0.1, 0.15) is 15.9 Å². The second kappa shape index (κ2) is 8.63. The number of aromatic nitrogens is 1. The summed E-state index contributed by atoms with van der Waals surface area (Å²) in [6, 6.07) is 4.90. The number of thiophene rings is 1. The van der Waals surface area contributed by atoms with Crippen molar-refractivity contribution in [2.45, 2.75) is 4.21 Å². The van der Waals surface area contributed by atoms with Crippen molar-refractivity contribution < 1.29 is 22.7 Å². The van der Waals surface area contributed by atoms with E-state index in [9.17, 15) is 18.0 Å². The molecule has 10 heteroatoms. The summed E-state index contributed by atoms with van der Waals surface area (Å²) < 4.78 is 31.5. The number of amides is 1. The Morgan fingerprint density at radius 2 is 1.86 bits per heavy atom. The number of sulfonamides is 1. The number of rotatable bonds is 5. The second-order valence-electron chi connectivity index (χ2n) is 5.99. The minimum Gasteiger partial charge on any atom is -0.465 e. The Hall–Kier alpha value is -2.56. The summed E-state index contributed by atoms with van der Waals surface area (Å²) in [5.74, 6) is -0.743. The van der Waals surface area contributed by atoms with Gasteiger partial charge in [-0.1, -0.05) is 0 Å². The molecule has 2 aromatic heterocycles. The van der Waals surface area contributed by atoms with E-state index < -0.39 is 16.0 Å². The van der Waals surface area contributed by atoms with Gasteiger partial charge in [0.05, 0.1) is 12.7 Å². The third-order valence-corrected chi connectivity index (χ3v) is 7.58. The first-order chi connectivity index (χ1) is 13.4. The van der Waals surface area contributed by atoms with Crippen molar-refractivity contribution >= 4 is 39.3 Å². The lowest BCUT2D eigenvalue weighted by Gasteiger charge is -2.33. The average molecular weight is 422 g/mol. The van der Waals surface area contributed by atoms with Gasteiger partial charge in [-0.05, 0) is 29.8 Å². The molecule has 3 heterocycles. The van der Waals surface area contributed by atoms with E-state index in [1.165, 1.54) is 28.9 Å². The van der Waals surface area contributed by atoms with Crippen LogP contribution in [0.5, 0.6) is 0 Å². The summed E-state index contributed by atoms with van der Waals surface area (Å²) >= 11 is 0.979. The first-order valence-corrected chi connectivity index (χ1v) is 10.8. The van der Waals surface area contributed by atoms with Crippen molar-refractivity contribution in [1.29, 1.82) is 0 Å². The number of piperazine rings is 1. The van der Waals surface area contributed by atoms with E-state index in [0.29, 0.717) is 13.1 Å². The van der Waals surface area contributed by atoms with Crippen molar-refractivity contribution in [2.75, 3.05) is 33.3 Å². The minimum absolute atomic E-state index is 0.0882. The highest BCUT2D eigenvalue weighted by Crippen LogP contribution is 2.25. The fourth-order valence-corrected chi connectivity index (χ4v) is 5.42. The zero-order chi connectivity index (χ0) is 20.1. The Kier molecular flexibility index (Phi) is 6.22. The molecule has 0 saturated carbocycles. The molecule has 0 atom stereocenters. The molecule has 0 bridgehead atoms. The molecular weight excluding hydrogens is 402 g/mol. The lowest BCUT2D eigenvalue weighted by molar-refractivity contribution is -0.127. The largest absolute Gasteiger partial charge is 0.465 e. The molecule has 2 aromatic rings. The molecule has 1 amide bonds. The van der Waals surface area contributed by atoms with Crippen LogP contribution < -0.4 is 0 Å². The van der Waals surface area contributed by atoms with Crippen LogP contribution in [0.3, 0.4) is 0 Å². The van der Waals surface area contributed by atoms with Gasteiger partial charge in [0.2, 0.25) is 5.91 Å². The Labute approximate surface area is 167 Å². The monoisotopic (exact) mass is 421 g/mol. The third kappa shape index (κ3) is 4.46. The third-order valence-electron chi connectivity index (χ3n) is 4.27. The van der Waals surface area contributed by atoms with Crippen LogP contribution in [0.25, 0.3) is 6.08 Å². The zero-order valence-electron chi connectivity index (χ0n) is 15.1. The number of nitrogens with zero attached hydrogens (tertiary/aromatic N) is 3. The predicted octanol–water partition coefficient (Wildman–Crippen LogP) is 1.48. The highest BCUT2D eigenvalue weighted by Gasteiger charge is 2.31. The van der Waals surface area contributed by atoms with Crippen LogP contribution in [-0.2, 0) is 19.6 Å². The molecule has 0 spiro atoms. The first-order valence-electron chi connectivity index (χ1n) is 8.46. The number of ether oxygens (including phenoxy) is 1. The number of methoxy groups -OCH3 is 1. The fourth-order valence-electron chi connectivity index (χ4n) is 2.70. The van der Waals surface area contributed by atoms with E-state index in [2.05, 4.69) is 9.72 Å². The van der Waals surface area contributed by atoms with Crippen LogP contribution >= 0.6 is 11.3 Å². The Morgan fingerprint density at radius 1 is 1.18 bits per heavy atom. The van der Waals surface area contributed by atoms with Crippen LogP contribution in [0.2, 0.25) is 0 Å². The molecule has 1 aliphatic heterocycles. The topological polar surface area (TPSA) is 96.9 Å². The molecule has 0 N–H and O–H groups in total. The number of pyridine rings is 1. The maximum Gasteiger partial charge on any atom is 0.338 e. The quantitative estimate of drug-likeness (QED) is 0.536. The Morgan fingerprint density at radius 3 is 2.50 bits per heavy atom. The predicted molar refractivity (Wildman–Crippen MR) is 104 cm³/mol. The highest BCUT2D eigenvalue weighted by atomic mass is 32.2. The molecule has 0 aromatic carbocycles. The van der Waals surface area contributed by atoms with Gasteiger partial charge in [-0.2, -0.15) is 4.31 Å². The second-order valence-corrected chi connectivity index (χ2v) is 9.07. The fraction of sp³-hybridized carbons (Fsp3) is 0.278. The highest BCUT2D eigenvalue weighted by molar-refractivity contribution is 7.91. The Balaban J connectivity index is 1.61. The normalized spacial score (nSPS) is 15.7. The molecule has 8 nitrogen and oxygen atoms in total. The van der Waals surface area contributed by atoms with Gasteiger partial charge in [-0.3, -0.25) is 9.78 Å². The van der Waals surface area contributed by atoms with Gasteiger partial charge in [0.15, 0.2) is 0 Å². The summed E-state index contributed by atoms with van der Waals surface area (Å²) in [4.78, 5) is 29.4. The van der Waals surface area contributed by atoms with E-state index in [1.807, 2.05) is 0 Å². The maximum absolute atomic E-state index is 12.8. The van der Waals surface area contributed by atoms with Crippen molar-refractivity contribution in [3.05, 3.63) is 53.2 Å². The zero-order valence-corrected chi connectivity index (χ0v) is 16.8. The van der Waals surface area contributed by atoms with Crippen molar-refractivity contribution in [1.82, 2.24) is 14.2 Å². The van der Waals surface area contributed by atoms with Crippen LogP contribution in [0, 0.1) is 0 Å².